The number of methoxy groups -OCH3 is 2. The van der Waals surface area contributed by atoms with Gasteiger partial charge in [-0.2, -0.15) is 0 Å². The molecule has 5 heteroatoms. The molecule has 2 aromatic rings. The van der Waals surface area contributed by atoms with E-state index in [9.17, 15) is 9.59 Å². The number of ketones is 1. The number of carbonyl (C=O) groups excluding carboxylic acids is 2. The molecule has 2 rings (SSSR count). The van der Waals surface area contributed by atoms with Gasteiger partial charge in [0.2, 0.25) is 0 Å². The van der Waals surface area contributed by atoms with Crippen LogP contribution in [-0.2, 0) is 4.74 Å². The lowest BCUT2D eigenvalue weighted by Gasteiger charge is -2.09. The molecule has 120 valence electrons. The summed E-state index contributed by atoms with van der Waals surface area (Å²) in [5.41, 5.74) is 1.86. The van der Waals surface area contributed by atoms with Gasteiger partial charge in [-0.15, -0.1) is 0 Å². The van der Waals surface area contributed by atoms with E-state index in [2.05, 4.69) is 0 Å². The van der Waals surface area contributed by atoms with Gasteiger partial charge in [0, 0.05) is 5.56 Å². The summed E-state index contributed by atoms with van der Waals surface area (Å²) in [5.74, 6) is 0.0943. The van der Waals surface area contributed by atoms with E-state index in [-0.39, 0.29) is 12.4 Å². The molecule has 0 saturated carbocycles. The number of aryl methyl sites for hydroxylation is 1. The minimum absolute atomic E-state index is 0.251. The Bertz CT molecular complexity index is 704. The number of carbonyl (C=O) groups is 2. The summed E-state index contributed by atoms with van der Waals surface area (Å²) >= 11 is 0. The SMILES string of the molecule is COc1ccc(C(=O)OCC(=O)c2ccc(C)cc2)cc1OC. The molecule has 0 amide bonds. The van der Waals surface area contributed by atoms with Crippen LogP contribution >= 0.6 is 0 Å². The number of hydrogen-bond donors (Lipinski definition) is 0. The van der Waals surface area contributed by atoms with Crippen molar-refractivity contribution in [3.8, 4) is 11.5 Å². The third kappa shape index (κ3) is 4.10. The van der Waals surface area contributed by atoms with Gasteiger partial charge in [-0.25, -0.2) is 4.79 Å². The highest BCUT2D eigenvalue weighted by Gasteiger charge is 2.14. The molecule has 0 atom stereocenters. The molecule has 0 fully saturated rings. The van der Waals surface area contributed by atoms with E-state index in [1.165, 1.54) is 20.3 Å². The molecule has 0 N–H and O–H groups in total. The summed E-state index contributed by atoms with van der Waals surface area (Å²) in [6.07, 6.45) is 0. The zero-order valence-corrected chi connectivity index (χ0v) is 13.3. The fraction of sp³-hybridized carbons (Fsp3) is 0.222. The second kappa shape index (κ2) is 7.45. The Hall–Kier alpha value is -2.82. The summed E-state index contributed by atoms with van der Waals surface area (Å²) < 4.78 is 15.3. The summed E-state index contributed by atoms with van der Waals surface area (Å²) in [7, 11) is 2.99. The third-order valence-corrected chi connectivity index (χ3v) is 3.33. The topological polar surface area (TPSA) is 61.8 Å². The molecule has 5 nitrogen and oxygen atoms in total. The number of benzene rings is 2. The van der Waals surface area contributed by atoms with Gasteiger partial charge in [-0.3, -0.25) is 4.79 Å². The Morgan fingerprint density at radius 3 is 2.09 bits per heavy atom. The van der Waals surface area contributed by atoms with E-state index in [0.717, 1.165) is 5.56 Å². The molecule has 0 aliphatic rings. The molecule has 0 aliphatic heterocycles. The Morgan fingerprint density at radius 1 is 0.870 bits per heavy atom. The van der Waals surface area contributed by atoms with Crippen molar-refractivity contribution in [1.29, 1.82) is 0 Å². The monoisotopic (exact) mass is 314 g/mol. The smallest absolute Gasteiger partial charge is 0.338 e. The molecule has 0 saturated heterocycles. The van der Waals surface area contributed by atoms with Crippen LogP contribution in [0.3, 0.4) is 0 Å². The second-order valence-electron chi connectivity index (χ2n) is 4.94. The van der Waals surface area contributed by atoms with Crippen LogP contribution in [0.1, 0.15) is 26.3 Å². The van der Waals surface area contributed by atoms with E-state index < -0.39 is 5.97 Å². The quantitative estimate of drug-likeness (QED) is 0.606. The number of Topliss-reactive ketones (excluding diaryl/α,β-unsaturated/α-hetero) is 1. The minimum Gasteiger partial charge on any atom is -0.493 e. The van der Waals surface area contributed by atoms with Gasteiger partial charge in [-0.05, 0) is 25.1 Å². The number of ether oxygens (including phenoxy) is 3. The van der Waals surface area contributed by atoms with Crippen molar-refractivity contribution in [2.24, 2.45) is 0 Å². The fourth-order valence-electron chi connectivity index (χ4n) is 2.00. The summed E-state index contributed by atoms with van der Waals surface area (Å²) in [6, 6.07) is 11.8. The van der Waals surface area contributed by atoms with Crippen LogP contribution in [0.4, 0.5) is 0 Å². The van der Waals surface area contributed by atoms with Crippen molar-refractivity contribution in [1.82, 2.24) is 0 Å². The van der Waals surface area contributed by atoms with E-state index in [1.807, 2.05) is 19.1 Å². The van der Waals surface area contributed by atoms with Gasteiger partial charge in [0.25, 0.3) is 0 Å². The second-order valence-corrected chi connectivity index (χ2v) is 4.94. The van der Waals surface area contributed by atoms with E-state index in [0.29, 0.717) is 22.6 Å². The lowest BCUT2D eigenvalue weighted by molar-refractivity contribution is 0.0474. The van der Waals surface area contributed by atoms with Crippen LogP contribution in [0.25, 0.3) is 0 Å². The first-order valence-electron chi connectivity index (χ1n) is 7.04. The molecule has 23 heavy (non-hydrogen) atoms. The van der Waals surface area contributed by atoms with Gasteiger partial charge in [0.1, 0.15) is 0 Å². The Kier molecular flexibility index (Phi) is 5.36. The lowest BCUT2D eigenvalue weighted by atomic mass is 10.1. The van der Waals surface area contributed by atoms with Gasteiger partial charge in [0.05, 0.1) is 19.8 Å². The van der Waals surface area contributed by atoms with Crippen LogP contribution in [-0.4, -0.2) is 32.6 Å². The van der Waals surface area contributed by atoms with Crippen molar-refractivity contribution >= 4 is 11.8 Å². The van der Waals surface area contributed by atoms with E-state index in [4.69, 9.17) is 14.2 Å². The Balaban J connectivity index is 2.02. The molecule has 0 unspecified atom stereocenters. The molecule has 0 bridgehead atoms. The van der Waals surface area contributed by atoms with Gasteiger partial charge >= 0.3 is 5.97 Å². The summed E-state index contributed by atoms with van der Waals surface area (Å²) in [5, 5.41) is 0. The lowest BCUT2D eigenvalue weighted by Crippen LogP contribution is -2.14. The normalized spacial score (nSPS) is 10.0. The van der Waals surface area contributed by atoms with Crippen molar-refractivity contribution in [2.75, 3.05) is 20.8 Å². The van der Waals surface area contributed by atoms with Crippen molar-refractivity contribution in [2.45, 2.75) is 6.92 Å². The molecular weight excluding hydrogens is 296 g/mol. The van der Waals surface area contributed by atoms with Crippen molar-refractivity contribution in [3.63, 3.8) is 0 Å². The number of esters is 1. The predicted octanol–water partition coefficient (Wildman–Crippen LogP) is 3.05. The highest BCUT2D eigenvalue weighted by Crippen LogP contribution is 2.27. The largest absolute Gasteiger partial charge is 0.493 e. The van der Waals surface area contributed by atoms with E-state index in [1.54, 1.807) is 24.3 Å². The highest BCUT2D eigenvalue weighted by atomic mass is 16.5. The van der Waals surface area contributed by atoms with Crippen LogP contribution in [0, 0.1) is 6.92 Å². The fourth-order valence-corrected chi connectivity index (χ4v) is 2.00. The van der Waals surface area contributed by atoms with Gasteiger partial charge in [-0.1, -0.05) is 29.8 Å². The average molecular weight is 314 g/mol. The molecule has 0 spiro atoms. The maximum Gasteiger partial charge on any atom is 0.338 e. The highest BCUT2D eigenvalue weighted by molar-refractivity contribution is 5.99. The van der Waals surface area contributed by atoms with E-state index >= 15 is 0 Å². The number of rotatable bonds is 6. The molecular formula is C18H18O5. The maximum atomic E-state index is 12.0. The first-order valence-corrected chi connectivity index (χ1v) is 7.04. The summed E-state index contributed by atoms with van der Waals surface area (Å²) in [4.78, 5) is 24.0. The first kappa shape index (κ1) is 16.5. The molecule has 0 radical (unpaired) electrons. The van der Waals surface area contributed by atoms with Crippen molar-refractivity contribution in [3.05, 3.63) is 59.2 Å². The summed E-state index contributed by atoms with van der Waals surface area (Å²) in [6.45, 7) is 1.63. The van der Waals surface area contributed by atoms with Crippen molar-refractivity contribution < 1.29 is 23.8 Å². The van der Waals surface area contributed by atoms with Gasteiger partial charge in [0.15, 0.2) is 23.9 Å². The molecule has 0 aliphatic carbocycles. The zero-order chi connectivity index (χ0) is 16.8. The zero-order valence-electron chi connectivity index (χ0n) is 13.3. The Labute approximate surface area is 134 Å². The third-order valence-electron chi connectivity index (χ3n) is 3.33. The predicted molar refractivity (Wildman–Crippen MR) is 85.3 cm³/mol. The molecule has 0 heterocycles. The standard InChI is InChI=1S/C18H18O5/c1-12-4-6-13(7-5-12)15(19)11-23-18(20)14-8-9-16(21-2)17(10-14)22-3/h4-10H,11H2,1-3H3. The van der Waals surface area contributed by atoms with Crippen LogP contribution in [0.15, 0.2) is 42.5 Å². The average Bonchev–Trinajstić information content (AvgIpc) is 2.59. The molecule has 2 aromatic carbocycles. The Morgan fingerprint density at radius 2 is 1.48 bits per heavy atom. The molecule has 0 aromatic heterocycles. The van der Waals surface area contributed by atoms with Crippen LogP contribution in [0.5, 0.6) is 11.5 Å². The number of hydrogen-bond acceptors (Lipinski definition) is 5. The minimum atomic E-state index is -0.591. The van der Waals surface area contributed by atoms with Crippen LogP contribution < -0.4 is 9.47 Å². The first-order chi connectivity index (χ1) is 11.0. The van der Waals surface area contributed by atoms with Crippen LogP contribution in [0.2, 0.25) is 0 Å². The maximum absolute atomic E-state index is 12.0. The van der Waals surface area contributed by atoms with Gasteiger partial charge < -0.3 is 14.2 Å².